The van der Waals surface area contributed by atoms with Crippen LogP contribution in [0.4, 0.5) is 0 Å². The summed E-state index contributed by atoms with van der Waals surface area (Å²) in [6, 6.07) is 0. The SMILES string of the molecule is CCN(CC(=O)N(C)C)C(=O)C(C)C(=O)O. The Morgan fingerprint density at radius 1 is 1.25 bits per heavy atom. The highest BCUT2D eigenvalue weighted by Crippen LogP contribution is 2.03. The highest BCUT2D eigenvalue weighted by Gasteiger charge is 2.26. The maximum Gasteiger partial charge on any atom is 0.315 e. The third-order valence-electron chi connectivity index (χ3n) is 2.26. The molecule has 0 spiro atoms. The lowest BCUT2D eigenvalue weighted by molar-refractivity contribution is -0.152. The van der Waals surface area contributed by atoms with Crippen LogP contribution in [-0.2, 0) is 14.4 Å². The Labute approximate surface area is 94.8 Å². The fraction of sp³-hybridized carbons (Fsp3) is 0.700. The van der Waals surface area contributed by atoms with Crippen molar-refractivity contribution < 1.29 is 19.5 Å². The van der Waals surface area contributed by atoms with Crippen molar-refractivity contribution in [3.8, 4) is 0 Å². The zero-order chi connectivity index (χ0) is 12.9. The molecule has 16 heavy (non-hydrogen) atoms. The third kappa shape index (κ3) is 3.88. The van der Waals surface area contributed by atoms with Crippen LogP contribution in [-0.4, -0.2) is 59.9 Å². The van der Waals surface area contributed by atoms with Crippen molar-refractivity contribution in [2.24, 2.45) is 5.92 Å². The highest BCUT2D eigenvalue weighted by atomic mass is 16.4. The molecular formula is C10H18N2O4. The van der Waals surface area contributed by atoms with Gasteiger partial charge in [0.05, 0.1) is 6.54 Å². The molecule has 0 rings (SSSR count). The van der Waals surface area contributed by atoms with E-state index in [4.69, 9.17) is 5.11 Å². The lowest BCUT2D eigenvalue weighted by atomic mass is 10.1. The summed E-state index contributed by atoms with van der Waals surface area (Å²) < 4.78 is 0. The van der Waals surface area contributed by atoms with E-state index >= 15 is 0 Å². The van der Waals surface area contributed by atoms with Crippen molar-refractivity contribution >= 4 is 17.8 Å². The van der Waals surface area contributed by atoms with E-state index < -0.39 is 17.8 Å². The molecule has 0 bridgehead atoms. The highest BCUT2D eigenvalue weighted by molar-refractivity contribution is 5.97. The average Bonchev–Trinajstić information content (AvgIpc) is 2.22. The number of nitrogens with zero attached hydrogens (tertiary/aromatic N) is 2. The van der Waals surface area contributed by atoms with Gasteiger partial charge in [0, 0.05) is 20.6 Å². The molecule has 0 radical (unpaired) electrons. The van der Waals surface area contributed by atoms with Gasteiger partial charge >= 0.3 is 5.97 Å². The first-order valence-corrected chi connectivity index (χ1v) is 5.03. The summed E-state index contributed by atoms with van der Waals surface area (Å²) in [5, 5.41) is 8.70. The molecule has 0 aromatic rings. The van der Waals surface area contributed by atoms with Crippen LogP contribution in [0.3, 0.4) is 0 Å². The van der Waals surface area contributed by atoms with Gasteiger partial charge in [-0.3, -0.25) is 14.4 Å². The molecule has 1 unspecified atom stereocenters. The number of amides is 2. The van der Waals surface area contributed by atoms with E-state index in [1.165, 1.54) is 16.7 Å². The molecule has 0 saturated carbocycles. The lowest BCUT2D eigenvalue weighted by Crippen LogP contribution is -2.43. The van der Waals surface area contributed by atoms with Crippen LogP contribution in [0.15, 0.2) is 0 Å². The summed E-state index contributed by atoms with van der Waals surface area (Å²) in [5.41, 5.74) is 0. The van der Waals surface area contributed by atoms with E-state index in [0.717, 1.165) is 0 Å². The molecule has 6 heteroatoms. The number of carboxylic acid groups (broad SMARTS) is 1. The number of likely N-dealkylation sites (N-methyl/N-ethyl adjacent to an activating group) is 2. The van der Waals surface area contributed by atoms with Gasteiger partial charge in [0.1, 0.15) is 5.92 Å². The first-order chi connectivity index (χ1) is 7.31. The van der Waals surface area contributed by atoms with E-state index in [2.05, 4.69) is 0 Å². The Morgan fingerprint density at radius 3 is 2.06 bits per heavy atom. The number of hydrogen-bond acceptors (Lipinski definition) is 3. The molecule has 0 aromatic heterocycles. The van der Waals surface area contributed by atoms with Gasteiger partial charge in [-0.25, -0.2) is 0 Å². The van der Waals surface area contributed by atoms with Crippen LogP contribution in [0.2, 0.25) is 0 Å². The van der Waals surface area contributed by atoms with E-state index in [-0.39, 0.29) is 12.5 Å². The monoisotopic (exact) mass is 230 g/mol. The standard InChI is InChI=1S/C10H18N2O4/c1-5-12(6-8(13)11(3)4)9(14)7(2)10(15)16/h7H,5-6H2,1-4H3,(H,15,16). The second-order valence-electron chi connectivity index (χ2n) is 3.70. The largest absolute Gasteiger partial charge is 0.481 e. The molecule has 1 atom stereocenters. The van der Waals surface area contributed by atoms with Crippen molar-refractivity contribution in [2.75, 3.05) is 27.2 Å². The minimum absolute atomic E-state index is 0.0834. The van der Waals surface area contributed by atoms with E-state index in [0.29, 0.717) is 6.54 Å². The predicted molar refractivity (Wildman–Crippen MR) is 57.7 cm³/mol. The number of hydrogen-bond donors (Lipinski definition) is 1. The lowest BCUT2D eigenvalue weighted by Gasteiger charge is -2.23. The van der Waals surface area contributed by atoms with Crippen molar-refractivity contribution in [3.63, 3.8) is 0 Å². The average molecular weight is 230 g/mol. The second-order valence-corrected chi connectivity index (χ2v) is 3.70. The van der Waals surface area contributed by atoms with Gasteiger partial charge in [-0.15, -0.1) is 0 Å². The summed E-state index contributed by atoms with van der Waals surface area (Å²) >= 11 is 0. The molecule has 1 N–H and O–H groups in total. The molecule has 0 saturated heterocycles. The predicted octanol–water partition coefficient (Wildman–Crippen LogP) is -0.356. The van der Waals surface area contributed by atoms with E-state index in [9.17, 15) is 14.4 Å². The second kappa shape index (κ2) is 6.09. The molecule has 0 aliphatic carbocycles. The number of carbonyl (C=O) groups excluding carboxylic acids is 2. The summed E-state index contributed by atoms with van der Waals surface area (Å²) in [6.07, 6.45) is 0. The maximum absolute atomic E-state index is 11.6. The normalized spacial score (nSPS) is 11.8. The molecule has 0 aromatic carbocycles. The minimum Gasteiger partial charge on any atom is -0.481 e. The number of rotatable bonds is 5. The summed E-state index contributed by atoms with van der Waals surface area (Å²) in [7, 11) is 3.17. The van der Waals surface area contributed by atoms with E-state index in [1.54, 1.807) is 21.0 Å². The van der Waals surface area contributed by atoms with Crippen molar-refractivity contribution in [3.05, 3.63) is 0 Å². The quantitative estimate of drug-likeness (QED) is 0.654. The Morgan fingerprint density at radius 2 is 1.75 bits per heavy atom. The molecule has 0 heterocycles. The Balaban J connectivity index is 4.56. The number of aliphatic carboxylic acids is 1. The zero-order valence-electron chi connectivity index (χ0n) is 10.1. The molecular weight excluding hydrogens is 212 g/mol. The fourth-order valence-corrected chi connectivity index (χ4v) is 1.03. The molecule has 92 valence electrons. The molecule has 2 amide bonds. The first kappa shape index (κ1) is 14.4. The molecule has 0 aliphatic heterocycles. The van der Waals surface area contributed by atoms with Gasteiger partial charge in [0.15, 0.2) is 0 Å². The Kier molecular flexibility index (Phi) is 5.49. The van der Waals surface area contributed by atoms with Crippen LogP contribution < -0.4 is 0 Å². The Bertz CT molecular complexity index is 289. The maximum atomic E-state index is 11.6. The van der Waals surface area contributed by atoms with Crippen LogP contribution in [0.25, 0.3) is 0 Å². The molecule has 0 aliphatic rings. The van der Waals surface area contributed by atoms with Gasteiger partial charge in [-0.2, -0.15) is 0 Å². The van der Waals surface area contributed by atoms with Crippen LogP contribution in [0.1, 0.15) is 13.8 Å². The van der Waals surface area contributed by atoms with Crippen LogP contribution in [0, 0.1) is 5.92 Å². The summed E-state index contributed by atoms with van der Waals surface area (Å²) in [6.45, 7) is 3.25. The fourth-order valence-electron chi connectivity index (χ4n) is 1.03. The van der Waals surface area contributed by atoms with Crippen LogP contribution >= 0.6 is 0 Å². The third-order valence-corrected chi connectivity index (χ3v) is 2.26. The number of carbonyl (C=O) groups is 3. The minimum atomic E-state index is -1.18. The van der Waals surface area contributed by atoms with Gasteiger partial charge in [0.2, 0.25) is 11.8 Å². The zero-order valence-corrected chi connectivity index (χ0v) is 10.1. The summed E-state index contributed by atoms with van der Waals surface area (Å²) in [4.78, 5) is 36.3. The molecule has 6 nitrogen and oxygen atoms in total. The smallest absolute Gasteiger partial charge is 0.315 e. The van der Waals surface area contributed by atoms with Crippen molar-refractivity contribution in [2.45, 2.75) is 13.8 Å². The Hall–Kier alpha value is -1.59. The molecule has 0 fully saturated rings. The number of carboxylic acids is 1. The van der Waals surface area contributed by atoms with Gasteiger partial charge in [-0.05, 0) is 13.8 Å². The van der Waals surface area contributed by atoms with E-state index in [1.807, 2.05) is 0 Å². The first-order valence-electron chi connectivity index (χ1n) is 5.03. The van der Waals surface area contributed by atoms with Gasteiger partial charge in [0.25, 0.3) is 0 Å². The van der Waals surface area contributed by atoms with Crippen molar-refractivity contribution in [1.82, 2.24) is 9.80 Å². The van der Waals surface area contributed by atoms with Crippen molar-refractivity contribution in [1.29, 1.82) is 0 Å². The summed E-state index contributed by atoms with van der Waals surface area (Å²) in [5.74, 6) is -3.06. The topological polar surface area (TPSA) is 77.9 Å². The van der Waals surface area contributed by atoms with Crippen LogP contribution in [0.5, 0.6) is 0 Å². The van der Waals surface area contributed by atoms with Gasteiger partial charge in [-0.1, -0.05) is 0 Å². The van der Waals surface area contributed by atoms with Gasteiger partial charge < -0.3 is 14.9 Å².